The van der Waals surface area contributed by atoms with Gasteiger partial charge in [0.05, 0.1) is 0 Å². The number of rotatable bonds is 3. The number of alkyl halides is 3. The Bertz CT molecular complexity index is 253. The van der Waals surface area contributed by atoms with E-state index in [0.29, 0.717) is 0 Å². The first-order chi connectivity index (χ1) is 6.38. The second kappa shape index (κ2) is 6.33. The number of allylic oxidation sites excluding steroid dienone is 3. The van der Waals surface area contributed by atoms with Crippen LogP contribution in [-0.2, 0) is 4.74 Å². The fraction of sp³-hybridized carbons (Fsp3) is 0.444. The molecule has 0 saturated carbocycles. The summed E-state index contributed by atoms with van der Waals surface area (Å²) >= 11 is 16.2. The van der Waals surface area contributed by atoms with E-state index in [9.17, 15) is 0 Å². The zero-order chi connectivity index (χ0) is 11.2. The Kier molecular flexibility index (Phi) is 6.25. The molecule has 0 heterocycles. The lowest BCUT2D eigenvalue weighted by atomic mass is 10.3. The number of hydrogen-bond acceptors (Lipinski definition) is 2. The van der Waals surface area contributed by atoms with E-state index in [1.807, 2.05) is 26.0 Å². The van der Waals surface area contributed by atoms with Crippen molar-refractivity contribution in [2.75, 3.05) is 6.61 Å². The van der Waals surface area contributed by atoms with Gasteiger partial charge in [-0.1, -0.05) is 52.5 Å². The minimum Gasteiger partial charge on any atom is -0.474 e. The van der Waals surface area contributed by atoms with Crippen LogP contribution in [0.5, 0.6) is 0 Å². The molecule has 0 saturated heterocycles. The van der Waals surface area contributed by atoms with Crippen LogP contribution in [0, 0.1) is 5.41 Å². The molecule has 1 N–H and O–H groups in total. The van der Waals surface area contributed by atoms with E-state index in [4.69, 9.17) is 44.9 Å². The first-order valence-corrected chi connectivity index (χ1v) is 5.09. The molecule has 0 aliphatic rings. The summed E-state index contributed by atoms with van der Waals surface area (Å²) in [5, 5.41) is 7.20. The largest absolute Gasteiger partial charge is 0.474 e. The summed E-state index contributed by atoms with van der Waals surface area (Å²) in [6.07, 6.45) is 5.57. The lowest BCUT2D eigenvalue weighted by Crippen LogP contribution is -2.21. The third-order valence-corrected chi connectivity index (χ3v) is 1.93. The molecular weight excluding hydrogens is 244 g/mol. The molecule has 0 bridgehead atoms. The van der Waals surface area contributed by atoms with Gasteiger partial charge in [-0.3, -0.25) is 5.41 Å². The van der Waals surface area contributed by atoms with Crippen LogP contribution in [-0.4, -0.2) is 16.3 Å². The highest BCUT2D eigenvalue weighted by atomic mass is 35.6. The van der Waals surface area contributed by atoms with Gasteiger partial charge in [0.25, 0.3) is 3.79 Å². The van der Waals surface area contributed by atoms with Crippen molar-refractivity contribution >= 4 is 40.7 Å². The summed E-state index contributed by atoms with van der Waals surface area (Å²) in [4.78, 5) is 0. The Morgan fingerprint density at radius 1 is 1.43 bits per heavy atom. The summed E-state index contributed by atoms with van der Waals surface area (Å²) in [7, 11) is 0. The van der Waals surface area contributed by atoms with Gasteiger partial charge in [-0.05, 0) is 19.9 Å². The zero-order valence-corrected chi connectivity index (χ0v) is 10.2. The number of ether oxygens (including phenoxy) is 1. The van der Waals surface area contributed by atoms with Crippen LogP contribution in [0.4, 0.5) is 0 Å². The average Bonchev–Trinajstić information content (AvgIpc) is 2.09. The Hall–Kier alpha value is -0.180. The van der Waals surface area contributed by atoms with Gasteiger partial charge in [0.15, 0.2) is 0 Å². The summed E-state index contributed by atoms with van der Waals surface area (Å²) in [6.45, 7) is 4.11. The van der Waals surface area contributed by atoms with Crippen LogP contribution in [0.15, 0.2) is 23.8 Å². The van der Waals surface area contributed by atoms with Crippen molar-refractivity contribution in [2.45, 2.75) is 17.6 Å². The highest BCUT2D eigenvalue weighted by molar-refractivity contribution is 6.76. The summed E-state index contributed by atoms with van der Waals surface area (Å²) in [6, 6.07) is 0. The van der Waals surface area contributed by atoms with E-state index in [2.05, 4.69) is 0 Å². The van der Waals surface area contributed by atoms with Crippen molar-refractivity contribution in [3.63, 3.8) is 0 Å². The van der Waals surface area contributed by atoms with Crippen LogP contribution < -0.4 is 0 Å². The lowest BCUT2D eigenvalue weighted by molar-refractivity contribution is 0.340. The van der Waals surface area contributed by atoms with Crippen LogP contribution in [0.3, 0.4) is 0 Å². The predicted molar refractivity (Wildman–Crippen MR) is 62.5 cm³/mol. The molecule has 0 aliphatic carbocycles. The number of halogens is 3. The maximum absolute atomic E-state index is 7.20. The minimum absolute atomic E-state index is 0.220. The van der Waals surface area contributed by atoms with Crippen molar-refractivity contribution < 1.29 is 4.74 Å². The van der Waals surface area contributed by atoms with Gasteiger partial charge >= 0.3 is 0 Å². The van der Waals surface area contributed by atoms with Crippen LogP contribution in [0.1, 0.15) is 13.8 Å². The molecule has 0 aromatic heterocycles. The van der Waals surface area contributed by atoms with Crippen LogP contribution in [0.2, 0.25) is 0 Å². The molecule has 0 aliphatic heterocycles. The molecule has 0 aromatic rings. The third kappa shape index (κ3) is 6.30. The van der Waals surface area contributed by atoms with E-state index < -0.39 is 3.79 Å². The quantitative estimate of drug-likeness (QED) is 0.353. The van der Waals surface area contributed by atoms with Gasteiger partial charge in [0.2, 0.25) is 5.90 Å². The van der Waals surface area contributed by atoms with Crippen molar-refractivity contribution in [3.8, 4) is 0 Å². The number of hydrogen-bond donors (Lipinski definition) is 1. The standard InChI is InChI=1S/C9H12Cl3NO/c1-3-7(2)5-4-6-14-8(13)9(10,11)12/h3-5,13H,6H2,1-2H3/b5-4+,7-3+,13-8?. The molecule has 0 fully saturated rings. The maximum Gasteiger partial charge on any atom is 0.265 e. The molecule has 0 unspecified atom stereocenters. The van der Waals surface area contributed by atoms with Crippen molar-refractivity contribution in [1.29, 1.82) is 5.41 Å². The van der Waals surface area contributed by atoms with E-state index in [-0.39, 0.29) is 12.5 Å². The third-order valence-electron chi connectivity index (χ3n) is 1.42. The molecule has 0 radical (unpaired) electrons. The topological polar surface area (TPSA) is 33.1 Å². The second-order valence-electron chi connectivity index (χ2n) is 2.57. The predicted octanol–water partition coefficient (Wildman–Crippen LogP) is 3.87. The highest BCUT2D eigenvalue weighted by Gasteiger charge is 2.28. The smallest absolute Gasteiger partial charge is 0.265 e. The monoisotopic (exact) mass is 255 g/mol. The van der Waals surface area contributed by atoms with Gasteiger partial charge in [0.1, 0.15) is 6.61 Å². The van der Waals surface area contributed by atoms with Gasteiger partial charge in [-0.2, -0.15) is 0 Å². The molecule has 0 aromatic carbocycles. The molecule has 14 heavy (non-hydrogen) atoms. The highest BCUT2D eigenvalue weighted by Crippen LogP contribution is 2.27. The maximum atomic E-state index is 7.20. The molecule has 5 heteroatoms. The summed E-state index contributed by atoms with van der Waals surface area (Å²) < 4.78 is 3.10. The molecular formula is C9H12Cl3NO. The Balaban J connectivity index is 3.87. The van der Waals surface area contributed by atoms with Crippen molar-refractivity contribution in [1.82, 2.24) is 0 Å². The number of nitrogens with one attached hydrogen (secondary N) is 1. The van der Waals surface area contributed by atoms with Crippen molar-refractivity contribution in [2.24, 2.45) is 0 Å². The molecule has 0 spiro atoms. The van der Waals surface area contributed by atoms with Crippen LogP contribution in [0.25, 0.3) is 0 Å². The van der Waals surface area contributed by atoms with E-state index >= 15 is 0 Å². The minimum atomic E-state index is -1.77. The first kappa shape index (κ1) is 13.8. The van der Waals surface area contributed by atoms with Crippen LogP contribution >= 0.6 is 34.8 Å². The van der Waals surface area contributed by atoms with E-state index in [1.54, 1.807) is 6.08 Å². The normalized spacial score (nSPS) is 13.4. The lowest BCUT2D eigenvalue weighted by Gasteiger charge is -2.11. The van der Waals surface area contributed by atoms with Crippen molar-refractivity contribution in [3.05, 3.63) is 23.8 Å². The Morgan fingerprint density at radius 2 is 2.00 bits per heavy atom. The van der Waals surface area contributed by atoms with E-state index in [1.165, 1.54) is 0 Å². The molecule has 0 atom stereocenters. The Morgan fingerprint density at radius 3 is 2.43 bits per heavy atom. The van der Waals surface area contributed by atoms with Gasteiger partial charge < -0.3 is 4.74 Å². The second-order valence-corrected chi connectivity index (χ2v) is 4.85. The zero-order valence-electron chi connectivity index (χ0n) is 7.98. The summed E-state index contributed by atoms with van der Waals surface area (Å²) in [5.41, 5.74) is 1.11. The first-order valence-electron chi connectivity index (χ1n) is 3.96. The molecule has 0 amide bonds. The van der Waals surface area contributed by atoms with Gasteiger partial charge in [0, 0.05) is 0 Å². The van der Waals surface area contributed by atoms with E-state index in [0.717, 1.165) is 5.57 Å². The van der Waals surface area contributed by atoms with Gasteiger partial charge in [-0.15, -0.1) is 0 Å². The van der Waals surface area contributed by atoms with Gasteiger partial charge in [-0.25, -0.2) is 0 Å². The SMILES string of the molecule is C/C=C(C)/C=C/COC(=N)C(Cl)(Cl)Cl. The fourth-order valence-electron chi connectivity index (χ4n) is 0.544. The molecule has 80 valence electrons. The Labute approximate surface area is 99.0 Å². The summed E-state index contributed by atoms with van der Waals surface area (Å²) in [5.74, 6) is -0.370. The fourth-order valence-corrected chi connectivity index (χ4v) is 0.707. The molecule has 0 rings (SSSR count). The molecule has 2 nitrogen and oxygen atoms in total. The average molecular weight is 257 g/mol.